The molecule has 3 unspecified atom stereocenters. The first-order valence-corrected chi connectivity index (χ1v) is 8.00. The minimum absolute atomic E-state index is 0.375. The first-order valence-electron chi connectivity index (χ1n) is 8.00. The molecule has 0 bridgehead atoms. The maximum atomic E-state index is 12.5. The fraction of sp³-hybridized carbons (Fsp3) is 0.933. The number of rotatable bonds is 3. The molecule has 0 aromatic carbocycles. The zero-order chi connectivity index (χ0) is 13.2. The SMILES string of the molecule is CCC1CCCCN1C(=O)CN1CC2CNCC2C1. The van der Waals surface area contributed by atoms with Gasteiger partial charge in [-0.3, -0.25) is 9.69 Å². The molecule has 3 atom stereocenters. The van der Waals surface area contributed by atoms with E-state index in [9.17, 15) is 4.79 Å². The lowest BCUT2D eigenvalue weighted by Gasteiger charge is -2.36. The fourth-order valence-corrected chi connectivity index (χ4v) is 4.12. The highest BCUT2D eigenvalue weighted by Gasteiger charge is 2.37. The predicted octanol–water partition coefficient (Wildman–Crippen LogP) is 0.929. The molecule has 0 spiro atoms. The maximum Gasteiger partial charge on any atom is 0.236 e. The molecule has 19 heavy (non-hydrogen) atoms. The fourth-order valence-electron chi connectivity index (χ4n) is 4.12. The molecule has 0 aromatic rings. The normalized spacial score (nSPS) is 35.6. The molecule has 0 saturated carbocycles. The zero-order valence-electron chi connectivity index (χ0n) is 12.1. The number of nitrogens with one attached hydrogen (secondary N) is 1. The monoisotopic (exact) mass is 265 g/mol. The second-order valence-corrected chi connectivity index (χ2v) is 6.52. The van der Waals surface area contributed by atoms with Crippen LogP contribution in [0.3, 0.4) is 0 Å². The summed E-state index contributed by atoms with van der Waals surface area (Å²) in [6.45, 7) is 8.39. The van der Waals surface area contributed by atoms with E-state index in [1.807, 2.05) is 0 Å². The number of amides is 1. The van der Waals surface area contributed by atoms with Crippen LogP contribution in [0.4, 0.5) is 0 Å². The van der Waals surface area contributed by atoms with Gasteiger partial charge < -0.3 is 10.2 Å². The van der Waals surface area contributed by atoms with Crippen molar-refractivity contribution >= 4 is 5.91 Å². The van der Waals surface area contributed by atoms with E-state index in [0.717, 1.165) is 51.0 Å². The Morgan fingerprint density at radius 3 is 2.63 bits per heavy atom. The van der Waals surface area contributed by atoms with Crippen molar-refractivity contribution in [3.8, 4) is 0 Å². The highest BCUT2D eigenvalue weighted by molar-refractivity contribution is 5.78. The molecular formula is C15H27N3O. The van der Waals surface area contributed by atoms with Crippen LogP contribution in [0.1, 0.15) is 32.6 Å². The van der Waals surface area contributed by atoms with Gasteiger partial charge in [-0.25, -0.2) is 0 Å². The van der Waals surface area contributed by atoms with Gasteiger partial charge in [-0.05, 0) is 50.6 Å². The van der Waals surface area contributed by atoms with E-state index in [2.05, 4.69) is 22.0 Å². The molecule has 0 aliphatic carbocycles. The van der Waals surface area contributed by atoms with Gasteiger partial charge in [-0.2, -0.15) is 0 Å². The summed E-state index contributed by atoms with van der Waals surface area (Å²) in [5, 5.41) is 3.46. The van der Waals surface area contributed by atoms with Gasteiger partial charge in [0.2, 0.25) is 5.91 Å². The van der Waals surface area contributed by atoms with Crippen LogP contribution in [0.15, 0.2) is 0 Å². The predicted molar refractivity (Wildman–Crippen MR) is 75.9 cm³/mol. The van der Waals surface area contributed by atoms with Gasteiger partial charge in [0, 0.05) is 25.7 Å². The van der Waals surface area contributed by atoms with Gasteiger partial charge in [0.25, 0.3) is 0 Å². The standard InChI is InChI=1S/C15H27N3O/c1-2-14-5-3-4-6-18(14)15(19)11-17-9-12-7-16-8-13(12)10-17/h12-14,16H,2-11H2,1H3. The molecule has 108 valence electrons. The van der Waals surface area contributed by atoms with Crippen molar-refractivity contribution in [2.24, 2.45) is 11.8 Å². The van der Waals surface area contributed by atoms with Crippen LogP contribution in [0.25, 0.3) is 0 Å². The van der Waals surface area contributed by atoms with E-state index in [4.69, 9.17) is 0 Å². The Morgan fingerprint density at radius 2 is 1.95 bits per heavy atom. The summed E-state index contributed by atoms with van der Waals surface area (Å²) < 4.78 is 0. The molecule has 0 radical (unpaired) electrons. The van der Waals surface area contributed by atoms with Gasteiger partial charge >= 0.3 is 0 Å². The highest BCUT2D eigenvalue weighted by atomic mass is 16.2. The van der Waals surface area contributed by atoms with Gasteiger partial charge in [0.15, 0.2) is 0 Å². The Morgan fingerprint density at radius 1 is 1.21 bits per heavy atom. The van der Waals surface area contributed by atoms with Crippen LogP contribution >= 0.6 is 0 Å². The molecule has 3 saturated heterocycles. The first kappa shape index (κ1) is 13.4. The summed E-state index contributed by atoms with van der Waals surface area (Å²) in [5.41, 5.74) is 0. The topological polar surface area (TPSA) is 35.6 Å². The summed E-state index contributed by atoms with van der Waals surface area (Å²) in [5.74, 6) is 1.95. The second-order valence-electron chi connectivity index (χ2n) is 6.52. The number of likely N-dealkylation sites (tertiary alicyclic amines) is 2. The highest BCUT2D eigenvalue weighted by Crippen LogP contribution is 2.26. The van der Waals surface area contributed by atoms with Gasteiger partial charge in [0.1, 0.15) is 0 Å². The maximum absolute atomic E-state index is 12.5. The van der Waals surface area contributed by atoms with Crippen molar-refractivity contribution in [3.63, 3.8) is 0 Å². The molecular weight excluding hydrogens is 238 g/mol. The Hall–Kier alpha value is -0.610. The number of carbonyl (C=O) groups is 1. The van der Waals surface area contributed by atoms with Crippen LogP contribution in [-0.2, 0) is 4.79 Å². The van der Waals surface area contributed by atoms with E-state index in [0.29, 0.717) is 18.5 Å². The number of piperidine rings is 1. The van der Waals surface area contributed by atoms with Crippen molar-refractivity contribution in [2.45, 2.75) is 38.6 Å². The Bertz CT molecular complexity index is 321. The number of hydrogen-bond donors (Lipinski definition) is 1. The van der Waals surface area contributed by atoms with Gasteiger partial charge in [-0.15, -0.1) is 0 Å². The lowest BCUT2D eigenvalue weighted by molar-refractivity contribution is -0.136. The quantitative estimate of drug-likeness (QED) is 0.824. The van der Waals surface area contributed by atoms with Crippen molar-refractivity contribution in [1.82, 2.24) is 15.1 Å². The van der Waals surface area contributed by atoms with Crippen LogP contribution in [0, 0.1) is 11.8 Å². The number of hydrogen-bond acceptors (Lipinski definition) is 3. The number of nitrogens with zero attached hydrogens (tertiary/aromatic N) is 2. The third-order valence-electron chi connectivity index (χ3n) is 5.24. The Labute approximate surface area is 116 Å². The summed E-state index contributed by atoms with van der Waals surface area (Å²) in [6, 6.07) is 0.505. The molecule has 3 aliphatic heterocycles. The third-order valence-corrected chi connectivity index (χ3v) is 5.24. The van der Waals surface area contributed by atoms with Gasteiger partial charge in [0.05, 0.1) is 6.54 Å². The molecule has 3 rings (SSSR count). The van der Waals surface area contributed by atoms with Crippen LogP contribution in [0.5, 0.6) is 0 Å². The van der Waals surface area contributed by atoms with Gasteiger partial charge in [-0.1, -0.05) is 6.92 Å². The largest absolute Gasteiger partial charge is 0.339 e. The third kappa shape index (κ3) is 2.79. The summed E-state index contributed by atoms with van der Waals surface area (Å²) in [6.07, 6.45) is 4.80. The lowest BCUT2D eigenvalue weighted by Crippen LogP contribution is -2.47. The molecule has 1 amide bonds. The average Bonchev–Trinajstić information content (AvgIpc) is 2.99. The summed E-state index contributed by atoms with van der Waals surface area (Å²) in [4.78, 5) is 17.1. The summed E-state index contributed by atoms with van der Waals surface area (Å²) >= 11 is 0. The number of fused-ring (bicyclic) bond motifs is 1. The van der Waals surface area contributed by atoms with E-state index < -0.39 is 0 Å². The van der Waals surface area contributed by atoms with Crippen molar-refractivity contribution in [3.05, 3.63) is 0 Å². The second kappa shape index (κ2) is 5.80. The van der Waals surface area contributed by atoms with E-state index in [1.165, 1.54) is 19.3 Å². The van der Waals surface area contributed by atoms with Crippen LogP contribution < -0.4 is 5.32 Å². The van der Waals surface area contributed by atoms with Crippen molar-refractivity contribution in [2.75, 3.05) is 39.3 Å². The Balaban J connectivity index is 1.53. The number of carbonyl (C=O) groups excluding carboxylic acids is 1. The lowest BCUT2D eigenvalue weighted by atomic mass is 10.00. The van der Waals surface area contributed by atoms with E-state index >= 15 is 0 Å². The van der Waals surface area contributed by atoms with E-state index in [-0.39, 0.29) is 0 Å². The minimum atomic E-state index is 0.375. The van der Waals surface area contributed by atoms with E-state index in [1.54, 1.807) is 0 Å². The molecule has 3 fully saturated rings. The molecule has 4 nitrogen and oxygen atoms in total. The zero-order valence-corrected chi connectivity index (χ0v) is 12.1. The minimum Gasteiger partial charge on any atom is -0.339 e. The molecule has 3 aliphatic rings. The average molecular weight is 265 g/mol. The molecule has 3 heterocycles. The van der Waals surface area contributed by atoms with Crippen LogP contribution in [0.2, 0.25) is 0 Å². The van der Waals surface area contributed by atoms with Crippen molar-refractivity contribution in [1.29, 1.82) is 0 Å². The van der Waals surface area contributed by atoms with Crippen molar-refractivity contribution < 1.29 is 4.79 Å². The molecule has 0 aromatic heterocycles. The summed E-state index contributed by atoms with van der Waals surface area (Å²) in [7, 11) is 0. The van der Waals surface area contributed by atoms with Crippen LogP contribution in [-0.4, -0.2) is 61.0 Å². The molecule has 4 heteroatoms. The Kier molecular flexibility index (Phi) is 4.08. The smallest absolute Gasteiger partial charge is 0.236 e. The first-order chi connectivity index (χ1) is 9.28. The molecule has 1 N–H and O–H groups in total.